The Morgan fingerprint density at radius 1 is 1.20 bits per heavy atom. The van der Waals surface area contributed by atoms with E-state index in [4.69, 9.17) is 0 Å². The van der Waals surface area contributed by atoms with Gasteiger partial charge in [0, 0.05) is 5.92 Å². The van der Waals surface area contributed by atoms with Crippen LogP contribution in [-0.2, 0) is 14.4 Å². The predicted molar refractivity (Wildman–Crippen MR) is 115 cm³/mol. The van der Waals surface area contributed by atoms with Crippen molar-refractivity contribution < 1.29 is 24.6 Å². The Hall–Kier alpha value is -1.75. The fraction of sp³-hybridized carbons (Fsp3) is 0.720. The summed E-state index contributed by atoms with van der Waals surface area (Å²) >= 11 is 0. The molecule has 0 radical (unpaired) electrons. The zero-order valence-corrected chi connectivity index (χ0v) is 19.5. The standard InChI is InChI=1S/C25H36O5/c1-13(2)9-10-24-11-16-22(5,6)15(23(7,8)30)12-25(16,21(24)29)20(28)17(19(24)27)18(26)14(3)4/h9,14-16,28,30H,10-12H2,1-8H3/t15-,16+,24?,25-/m1/s1. The molecular weight excluding hydrogens is 380 g/mol. The number of aliphatic hydroxyl groups is 2. The van der Waals surface area contributed by atoms with E-state index >= 15 is 0 Å². The van der Waals surface area contributed by atoms with Gasteiger partial charge >= 0.3 is 0 Å². The van der Waals surface area contributed by atoms with Crippen LogP contribution in [0.1, 0.15) is 74.7 Å². The van der Waals surface area contributed by atoms with Gasteiger partial charge in [0.05, 0.1) is 16.4 Å². The number of allylic oxidation sites excluding steroid dienone is 4. The SMILES string of the molecule is CC(C)=CCC12C[C@H]3C(C)(C)[C@H](C(C)(C)O)C[C@]3(C1=O)C(O)=C(C(=O)C(C)C)C2=O. The number of rotatable bonds is 5. The van der Waals surface area contributed by atoms with Gasteiger partial charge in [0.2, 0.25) is 0 Å². The van der Waals surface area contributed by atoms with Crippen molar-refractivity contribution in [2.75, 3.05) is 0 Å². The molecule has 0 heterocycles. The van der Waals surface area contributed by atoms with E-state index in [1.165, 1.54) is 0 Å². The molecule has 5 nitrogen and oxygen atoms in total. The van der Waals surface area contributed by atoms with Crippen molar-refractivity contribution >= 4 is 17.3 Å². The van der Waals surface area contributed by atoms with Crippen LogP contribution in [0, 0.1) is 34.0 Å². The first-order valence-electron chi connectivity index (χ1n) is 11.0. The summed E-state index contributed by atoms with van der Waals surface area (Å²) in [6.45, 7) is 14.7. The molecule has 2 bridgehead atoms. The minimum atomic E-state index is -1.31. The third-order valence-corrected chi connectivity index (χ3v) is 8.11. The van der Waals surface area contributed by atoms with Crippen LogP contribution >= 0.6 is 0 Å². The van der Waals surface area contributed by atoms with E-state index in [1.54, 1.807) is 27.7 Å². The normalized spacial score (nSPS) is 35.1. The number of hydrogen-bond donors (Lipinski definition) is 2. The number of carbonyl (C=O) groups is 3. The Kier molecular flexibility index (Phi) is 5.06. The molecule has 5 heteroatoms. The molecule has 166 valence electrons. The van der Waals surface area contributed by atoms with Gasteiger partial charge in [0.25, 0.3) is 0 Å². The third kappa shape index (κ3) is 2.73. The van der Waals surface area contributed by atoms with Crippen LogP contribution in [0.25, 0.3) is 0 Å². The van der Waals surface area contributed by atoms with Gasteiger partial charge in [0.1, 0.15) is 11.3 Å². The zero-order chi connectivity index (χ0) is 23.0. The molecule has 0 saturated heterocycles. The molecule has 4 atom stereocenters. The largest absolute Gasteiger partial charge is 0.510 e. The van der Waals surface area contributed by atoms with Crippen LogP contribution in [-0.4, -0.2) is 33.2 Å². The molecule has 0 aromatic rings. The van der Waals surface area contributed by atoms with E-state index in [9.17, 15) is 24.6 Å². The molecule has 3 aliphatic rings. The lowest BCUT2D eigenvalue weighted by atomic mass is 9.62. The van der Waals surface area contributed by atoms with Gasteiger partial charge in [-0.1, -0.05) is 39.3 Å². The fourth-order valence-corrected chi connectivity index (χ4v) is 6.62. The lowest BCUT2D eigenvalue weighted by Crippen LogP contribution is -2.50. The smallest absolute Gasteiger partial charge is 0.183 e. The maximum absolute atomic E-state index is 14.0. The van der Waals surface area contributed by atoms with Gasteiger partial charge in [0.15, 0.2) is 17.3 Å². The molecule has 0 amide bonds. The van der Waals surface area contributed by atoms with Crippen molar-refractivity contribution in [2.24, 2.45) is 34.0 Å². The summed E-state index contributed by atoms with van der Waals surface area (Å²) in [7, 11) is 0. The second-order valence-electron chi connectivity index (χ2n) is 11.4. The highest BCUT2D eigenvalue weighted by Crippen LogP contribution is 2.73. The lowest BCUT2D eigenvalue weighted by Gasteiger charge is -2.40. The number of fused-ring (bicyclic) bond motifs is 1. The van der Waals surface area contributed by atoms with Gasteiger partial charge in [-0.15, -0.1) is 0 Å². The molecule has 0 aromatic heterocycles. The van der Waals surface area contributed by atoms with Gasteiger partial charge in [-0.05, 0) is 64.2 Å². The topological polar surface area (TPSA) is 91.7 Å². The van der Waals surface area contributed by atoms with Crippen LogP contribution in [0.15, 0.2) is 23.0 Å². The Bertz CT molecular complexity index is 878. The van der Waals surface area contributed by atoms with E-state index in [2.05, 4.69) is 0 Å². The van der Waals surface area contributed by atoms with E-state index in [0.717, 1.165) is 5.57 Å². The Morgan fingerprint density at radius 3 is 2.23 bits per heavy atom. The first-order valence-corrected chi connectivity index (χ1v) is 11.0. The van der Waals surface area contributed by atoms with Crippen molar-refractivity contribution in [1.82, 2.24) is 0 Å². The Balaban J connectivity index is 2.32. The van der Waals surface area contributed by atoms with Crippen LogP contribution in [0.2, 0.25) is 0 Å². The van der Waals surface area contributed by atoms with Gasteiger partial charge in [-0.2, -0.15) is 0 Å². The van der Waals surface area contributed by atoms with Crippen LogP contribution in [0.5, 0.6) is 0 Å². The van der Waals surface area contributed by atoms with E-state index in [-0.39, 0.29) is 41.8 Å². The predicted octanol–water partition coefficient (Wildman–Crippen LogP) is 4.34. The van der Waals surface area contributed by atoms with Crippen LogP contribution in [0.4, 0.5) is 0 Å². The summed E-state index contributed by atoms with van der Waals surface area (Å²) in [6, 6.07) is 0. The second-order valence-corrected chi connectivity index (χ2v) is 11.4. The summed E-state index contributed by atoms with van der Waals surface area (Å²) in [5.41, 5.74) is -3.32. The summed E-state index contributed by atoms with van der Waals surface area (Å²) < 4.78 is 0. The fourth-order valence-electron chi connectivity index (χ4n) is 6.62. The minimum absolute atomic E-state index is 0.179. The maximum atomic E-state index is 14.0. The summed E-state index contributed by atoms with van der Waals surface area (Å²) in [4.78, 5) is 40.7. The number of aliphatic hydroxyl groups excluding tert-OH is 1. The molecule has 3 aliphatic carbocycles. The van der Waals surface area contributed by atoms with E-state index in [1.807, 2.05) is 33.8 Å². The lowest BCUT2D eigenvalue weighted by molar-refractivity contribution is -0.144. The second kappa shape index (κ2) is 6.62. The highest BCUT2D eigenvalue weighted by molar-refractivity contribution is 6.32. The van der Waals surface area contributed by atoms with Crippen molar-refractivity contribution in [1.29, 1.82) is 0 Å². The molecule has 2 N–H and O–H groups in total. The Labute approximate surface area is 179 Å². The average molecular weight is 417 g/mol. The summed E-state index contributed by atoms with van der Waals surface area (Å²) in [5.74, 6) is -2.57. The molecule has 2 fully saturated rings. The zero-order valence-electron chi connectivity index (χ0n) is 19.5. The summed E-state index contributed by atoms with van der Waals surface area (Å²) in [6.07, 6.45) is 2.69. The molecule has 1 unspecified atom stereocenters. The van der Waals surface area contributed by atoms with E-state index < -0.39 is 39.3 Å². The molecule has 0 aliphatic heterocycles. The van der Waals surface area contributed by atoms with Crippen molar-refractivity contribution in [2.45, 2.75) is 80.3 Å². The molecule has 30 heavy (non-hydrogen) atoms. The highest BCUT2D eigenvalue weighted by atomic mass is 16.3. The maximum Gasteiger partial charge on any atom is 0.183 e. The van der Waals surface area contributed by atoms with Gasteiger partial charge in [-0.25, -0.2) is 0 Å². The van der Waals surface area contributed by atoms with E-state index in [0.29, 0.717) is 6.42 Å². The first-order chi connectivity index (χ1) is 13.5. The summed E-state index contributed by atoms with van der Waals surface area (Å²) in [5, 5.41) is 22.3. The number of ketones is 3. The molecule has 1 spiro atoms. The minimum Gasteiger partial charge on any atom is -0.510 e. The van der Waals surface area contributed by atoms with Gasteiger partial charge < -0.3 is 10.2 Å². The first kappa shape index (κ1) is 22.9. The van der Waals surface area contributed by atoms with Crippen molar-refractivity contribution in [3.05, 3.63) is 23.0 Å². The number of Topliss-reactive ketones (excluding diaryl/α,β-unsaturated/α-hetero) is 3. The molecule has 3 rings (SSSR count). The molecular formula is C25H36O5. The monoisotopic (exact) mass is 416 g/mol. The number of carbonyl (C=O) groups excluding carboxylic acids is 3. The average Bonchev–Trinajstić information content (AvgIpc) is 2.97. The van der Waals surface area contributed by atoms with Crippen molar-refractivity contribution in [3.63, 3.8) is 0 Å². The van der Waals surface area contributed by atoms with Crippen molar-refractivity contribution in [3.8, 4) is 0 Å². The quantitative estimate of drug-likeness (QED) is 0.395. The molecule has 0 aromatic carbocycles. The number of hydrogen-bond acceptors (Lipinski definition) is 5. The molecule has 2 saturated carbocycles. The van der Waals surface area contributed by atoms with Crippen LogP contribution < -0.4 is 0 Å². The highest BCUT2D eigenvalue weighted by Gasteiger charge is 2.78. The third-order valence-electron chi connectivity index (χ3n) is 8.11. The Morgan fingerprint density at radius 2 is 1.77 bits per heavy atom. The van der Waals surface area contributed by atoms with Gasteiger partial charge in [-0.3, -0.25) is 14.4 Å². The van der Waals surface area contributed by atoms with Crippen LogP contribution in [0.3, 0.4) is 0 Å².